The molecule has 0 saturated heterocycles. The van der Waals surface area contributed by atoms with Crippen molar-refractivity contribution in [3.63, 3.8) is 0 Å². The summed E-state index contributed by atoms with van der Waals surface area (Å²) in [5.41, 5.74) is 2.49. The van der Waals surface area contributed by atoms with Crippen LogP contribution in [0, 0.1) is 24.2 Å². The molecule has 0 radical (unpaired) electrons. The molecular weight excluding hydrogens is 228 g/mol. The van der Waals surface area contributed by atoms with Gasteiger partial charge >= 0.3 is 5.97 Å². The predicted octanol–water partition coefficient (Wildman–Crippen LogP) is 2.78. The molecule has 0 bridgehead atoms. The van der Waals surface area contributed by atoms with Crippen LogP contribution in [0.5, 0.6) is 0 Å². The largest absolute Gasteiger partial charge is 0.481 e. The van der Waals surface area contributed by atoms with Gasteiger partial charge in [0, 0.05) is 6.54 Å². The minimum atomic E-state index is -0.761. The lowest BCUT2D eigenvalue weighted by atomic mass is 10.1. The Morgan fingerprint density at radius 2 is 2.28 bits per heavy atom. The molecule has 96 valence electrons. The maximum absolute atomic E-state index is 10.6. The van der Waals surface area contributed by atoms with Gasteiger partial charge in [0.2, 0.25) is 0 Å². The van der Waals surface area contributed by atoms with Crippen molar-refractivity contribution in [2.24, 2.45) is 5.92 Å². The minimum absolute atomic E-state index is 0.319. The second-order valence-corrected chi connectivity index (χ2v) is 4.47. The molecule has 0 amide bonds. The van der Waals surface area contributed by atoms with Crippen LogP contribution < -0.4 is 5.32 Å². The number of aryl methyl sites for hydroxylation is 1. The Morgan fingerprint density at radius 1 is 1.56 bits per heavy atom. The van der Waals surface area contributed by atoms with Gasteiger partial charge in [-0.05, 0) is 37.5 Å². The van der Waals surface area contributed by atoms with E-state index >= 15 is 0 Å². The van der Waals surface area contributed by atoms with Crippen LogP contribution in [-0.4, -0.2) is 17.6 Å². The second kappa shape index (κ2) is 6.65. The first-order chi connectivity index (χ1) is 8.54. The molecule has 1 aromatic carbocycles. The SMILES string of the molecule is Cc1ccc(NCCCC(C)C(=O)O)c(C#N)c1. The van der Waals surface area contributed by atoms with Gasteiger partial charge in [-0.25, -0.2) is 0 Å². The zero-order chi connectivity index (χ0) is 13.5. The first-order valence-corrected chi connectivity index (χ1v) is 6.02. The van der Waals surface area contributed by atoms with Crippen molar-refractivity contribution in [2.75, 3.05) is 11.9 Å². The average molecular weight is 246 g/mol. The van der Waals surface area contributed by atoms with Crippen LogP contribution in [0.2, 0.25) is 0 Å². The van der Waals surface area contributed by atoms with E-state index < -0.39 is 5.97 Å². The van der Waals surface area contributed by atoms with Crippen LogP contribution in [0.15, 0.2) is 18.2 Å². The van der Waals surface area contributed by atoms with Crippen LogP contribution in [-0.2, 0) is 4.79 Å². The number of carboxylic acids is 1. The van der Waals surface area contributed by atoms with Crippen LogP contribution in [0.1, 0.15) is 30.9 Å². The lowest BCUT2D eigenvalue weighted by molar-refractivity contribution is -0.141. The third-order valence-corrected chi connectivity index (χ3v) is 2.85. The van der Waals surface area contributed by atoms with E-state index in [0.717, 1.165) is 17.7 Å². The van der Waals surface area contributed by atoms with Crippen molar-refractivity contribution < 1.29 is 9.90 Å². The highest BCUT2D eigenvalue weighted by Crippen LogP contribution is 2.16. The van der Waals surface area contributed by atoms with Gasteiger partial charge in [-0.2, -0.15) is 5.26 Å². The number of nitrogens with one attached hydrogen (secondary N) is 1. The highest BCUT2D eigenvalue weighted by Gasteiger charge is 2.09. The van der Waals surface area contributed by atoms with Crippen molar-refractivity contribution in [1.82, 2.24) is 0 Å². The Morgan fingerprint density at radius 3 is 2.89 bits per heavy atom. The van der Waals surface area contributed by atoms with E-state index in [1.165, 1.54) is 0 Å². The quantitative estimate of drug-likeness (QED) is 0.757. The summed E-state index contributed by atoms with van der Waals surface area (Å²) in [7, 11) is 0. The molecule has 0 saturated carbocycles. The maximum Gasteiger partial charge on any atom is 0.306 e. The number of anilines is 1. The number of hydrogen-bond acceptors (Lipinski definition) is 3. The third kappa shape index (κ3) is 4.10. The van der Waals surface area contributed by atoms with E-state index in [0.29, 0.717) is 18.5 Å². The number of benzene rings is 1. The van der Waals surface area contributed by atoms with Gasteiger partial charge in [-0.3, -0.25) is 4.79 Å². The third-order valence-electron chi connectivity index (χ3n) is 2.85. The summed E-state index contributed by atoms with van der Waals surface area (Å²) >= 11 is 0. The molecule has 1 atom stereocenters. The van der Waals surface area contributed by atoms with Gasteiger partial charge in [-0.15, -0.1) is 0 Å². The number of rotatable bonds is 6. The Hall–Kier alpha value is -2.02. The normalized spacial score (nSPS) is 11.6. The fourth-order valence-electron chi connectivity index (χ4n) is 1.66. The number of carbonyl (C=O) groups is 1. The number of hydrogen-bond donors (Lipinski definition) is 2. The molecule has 18 heavy (non-hydrogen) atoms. The van der Waals surface area contributed by atoms with Crippen LogP contribution in [0.4, 0.5) is 5.69 Å². The summed E-state index contributed by atoms with van der Waals surface area (Å²) in [5.74, 6) is -1.08. The summed E-state index contributed by atoms with van der Waals surface area (Å²) in [5, 5.41) is 20.9. The smallest absolute Gasteiger partial charge is 0.306 e. The van der Waals surface area contributed by atoms with Crippen molar-refractivity contribution >= 4 is 11.7 Å². The van der Waals surface area contributed by atoms with Gasteiger partial charge in [0.15, 0.2) is 0 Å². The number of nitriles is 1. The fraction of sp³-hybridized carbons (Fsp3) is 0.429. The molecule has 1 aromatic rings. The molecule has 1 unspecified atom stereocenters. The second-order valence-electron chi connectivity index (χ2n) is 4.47. The van der Waals surface area contributed by atoms with E-state index in [9.17, 15) is 4.79 Å². The van der Waals surface area contributed by atoms with E-state index in [4.69, 9.17) is 10.4 Å². The van der Waals surface area contributed by atoms with E-state index in [2.05, 4.69) is 11.4 Å². The van der Waals surface area contributed by atoms with Gasteiger partial charge in [-0.1, -0.05) is 13.0 Å². The van der Waals surface area contributed by atoms with Crippen LogP contribution in [0.25, 0.3) is 0 Å². The van der Waals surface area contributed by atoms with Gasteiger partial charge < -0.3 is 10.4 Å². The molecule has 0 aromatic heterocycles. The Kier molecular flexibility index (Phi) is 5.19. The molecule has 2 N–H and O–H groups in total. The molecule has 0 aliphatic heterocycles. The van der Waals surface area contributed by atoms with Crippen LogP contribution in [0.3, 0.4) is 0 Å². The summed E-state index contributed by atoms with van der Waals surface area (Å²) in [4.78, 5) is 10.6. The average Bonchev–Trinajstić information content (AvgIpc) is 2.35. The first-order valence-electron chi connectivity index (χ1n) is 6.02. The van der Waals surface area contributed by atoms with Crippen molar-refractivity contribution in [3.8, 4) is 6.07 Å². The highest BCUT2D eigenvalue weighted by molar-refractivity contribution is 5.69. The zero-order valence-electron chi connectivity index (χ0n) is 10.7. The van der Waals surface area contributed by atoms with E-state index in [-0.39, 0.29) is 5.92 Å². The highest BCUT2D eigenvalue weighted by atomic mass is 16.4. The first kappa shape index (κ1) is 14.0. The fourth-order valence-corrected chi connectivity index (χ4v) is 1.66. The summed E-state index contributed by atoms with van der Waals surface area (Å²) < 4.78 is 0. The molecule has 0 aliphatic rings. The molecule has 1 rings (SSSR count). The molecule has 0 spiro atoms. The summed E-state index contributed by atoms with van der Waals surface area (Å²) in [6, 6.07) is 7.81. The Labute approximate surface area is 107 Å². The predicted molar refractivity (Wildman–Crippen MR) is 70.4 cm³/mol. The Balaban J connectivity index is 2.45. The number of nitrogens with zero attached hydrogens (tertiary/aromatic N) is 1. The van der Waals surface area contributed by atoms with Gasteiger partial charge in [0.25, 0.3) is 0 Å². The molecule has 0 fully saturated rings. The lowest BCUT2D eigenvalue weighted by Gasteiger charge is -2.10. The van der Waals surface area contributed by atoms with Crippen molar-refractivity contribution in [2.45, 2.75) is 26.7 Å². The summed E-state index contributed by atoms with van der Waals surface area (Å²) in [6.07, 6.45) is 1.41. The minimum Gasteiger partial charge on any atom is -0.481 e. The molecule has 4 nitrogen and oxygen atoms in total. The molecular formula is C14H18N2O2. The Bertz CT molecular complexity index is 463. The zero-order valence-corrected chi connectivity index (χ0v) is 10.7. The van der Waals surface area contributed by atoms with Crippen LogP contribution >= 0.6 is 0 Å². The molecule has 4 heteroatoms. The van der Waals surface area contributed by atoms with E-state index in [1.54, 1.807) is 6.92 Å². The molecule has 0 aliphatic carbocycles. The lowest BCUT2D eigenvalue weighted by Crippen LogP contribution is -2.12. The van der Waals surface area contributed by atoms with Crippen molar-refractivity contribution in [3.05, 3.63) is 29.3 Å². The summed E-state index contributed by atoms with van der Waals surface area (Å²) in [6.45, 7) is 4.32. The number of aliphatic carboxylic acids is 1. The topological polar surface area (TPSA) is 73.1 Å². The number of carboxylic acid groups (broad SMARTS) is 1. The molecule has 0 heterocycles. The van der Waals surface area contributed by atoms with Crippen molar-refractivity contribution in [1.29, 1.82) is 5.26 Å². The van der Waals surface area contributed by atoms with E-state index in [1.807, 2.05) is 25.1 Å². The monoisotopic (exact) mass is 246 g/mol. The van der Waals surface area contributed by atoms with Gasteiger partial charge in [0.05, 0.1) is 17.2 Å². The van der Waals surface area contributed by atoms with Gasteiger partial charge in [0.1, 0.15) is 6.07 Å². The maximum atomic E-state index is 10.6. The standard InChI is InChI=1S/C14H18N2O2/c1-10-5-6-13(12(8-10)9-15)16-7-3-4-11(2)14(17)18/h5-6,8,11,16H,3-4,7H2,1-2H3,(H,17,18).